The third-order valence-electron chi connectivity index (χ3n) is 2.90. The minimum Gasteiger partial charge on any atom is -0.446 e. The largest absolute Gasteiger partial charge is 0.446 e. The van der Waals surface area contributed by atoms with Crippen LogP contribution in [-0.4, -0.2) is 17.2 Å². The van der Waals surface area contributed by atoms with Gasteiger partial charge in [0, 0.05) is 5.38 Å². The fourth-order valence-electron chi connectivity index (χ4n) is 1.88. The van der Waals surface area contributed by atoms with Gasteiger partial charge in [0.25, 0.3) is 0 Å². The van der Waals surface area contributed by atoms with E-state index in [1.807, 2.05) is 5.38 Å². The maximum absolute atomic E-state index is 11.6. The minimum absolute atomic E-state index is 0.0968. The zero-order chi connectivity index (χ0) is 12.3. The summed E-state index contributed by atoms with van der Waals surface area (Å²) in [5, 5.41) is 5.28. The number of ether oxygens (including phenoxy) is 1. The summed E-state index contributed by atoms with van der Waals surface area (Å²) >= 11 is 1.44. The Morgan fingerprint density at radius 1 is 1.53 bits per heavy atom. The van der Waals surface area contributed by atoms with Gasteiger partial charge in [-0.05, 0) is 31.6 Å². The van der Waals surface area contributed by atoms with Crippen molar-refractivity contribution in [3.8, 4) is 0 Å². The summed E-state index contributed by atoms with van der Waals surface area (Å²) < 4.78 is 5.30. The molecule has 0 saturated heterocycles. The summed E-state index contributed by atoms with van der Waals surface area (Å²) in [6.07, 6.45) is 4.02. The lowest BCUT2D eigenvalue weighted by Gasteiger charge is -2.10. The molecule has 4 nitrogen and oxygen atoms in total. The maximum Gasteiger partial charge on any atom is 0.413 e. The van der Waals surface area contributed by atoms with Crippen LogP contribution in [0.25, 0.3) is 0 Å². The van der Waals surface area contributed by atoms with Crippen LogP contribution < -0.4 is 5.32 Å². The summed E-state index contributed by atoms with van der Waals surface area (Å²) in [5.74, 6) is 0.382. The number of carbonyl (C=O) groups is 1. The number of anilines is 1. The van der Waals surface area contributed by atoms with Crippen molar-refractivity contribution >= 4 is 22.6 Å². The van der Waals surface area contributed by atoms with Gasteiger partial charge < -0.3 is 4.74 Å². The van der Waals surface area contributed by atoms with Crippen LogP contribution in [-0.2, 0) is 4.74 Å². The number of hydrogen-bond donors (Lipinski definition) is 1. The lowest BCUT2D eigenvalue weighted by Crippen LogP contribution is -2.20. The predicted octanol–water partition coefficient (Wildman–Crippen LogP) is 3.76. The lowest BCUT2D eigenvalue weighted by molar-refractivity contribution is 0.114. The molecule has 0 aromatic carbocycles. The van der Waals surface area contributed by atoms with Crippen molar-refractivity contribution in [3.63, 3.8) is 0 Å². The zero-order valence-corrected chi connectivity index (χ0v) is 11.0. The van der Waals surface area contributed by atoms with Crippen LogP contribution in [0.15, 0.2) is 5.38 Å². The molecule has 1 amide bonds. The van der Waals surface area contributed by atoms with E-state index in [4.69, 9.17) is 4.74 Å². The van der Waals surface area contributed by atoms with Crippen molar-refractivity contribution in [1.29, 1.82) is 0 Å². The first-order valence-electron chi connectivity index (χ1n) is 6.08. The molecule has 0 radical (unpaired) electrons. The molecule has 1 aliphatic rings. The second-order valence-electron chi connectivity index (χ2n) is 4.67. The molecule has 1 heterocycles. The predicted molar refractivity (Wildman–Crippen MR) is 68.6 cm³/mol. The fraction of sp³-hybridized carbons (Fsp3) is 0.667. The van der Waals surface area contributed by atoms with E-state index >= 15 is 0 Å². The van der Waals surface area contributed by atoms with E-state index in [2.05, 4.69) is 24.1 Å². The first kappa shape index (κ1) is 12.4. The molecule has 0 unspecified atom stereocenters. The Morgan fingerprint density at radius 3 is 2.82 bits per heavy atom. The highest BCUT2D eigenvalue weighted by atomic mass is 32.1. The van der Waals surface area contributed by atoms with Crippen molar-refractivity contribution < 1.29 is 9.53 Å². The highest BCUT2D eigenvalue weighted by molar-refractivity contribution is 7.13. The Labute approximate surface area is 105 Å². The first-order chi connectivity index (χ1) is 8.15. The molecule has 1 N–H and O–H groups in total. The topological polar surface area (TPSA) is 51.2 Å². The smallest absolute Gasteiger partial charge is 0.413 e. The van der Waals surface area contributed by atoms with Crippen molar-refractivity contribution in [2.75, 3.05) is 5.32 Å². The number of thiazole rings is 1. The molecule has 5 heteroatoms. The van der Waals surface area contributed by atoms with Crippen LogP contribution in [0.3, 0.4) is 0 Å². The highest BCUT2D eigenvalue weighted by Crippen LogP contribution is 2.23. The molecule has 0 atom stereocenters. The number of rotatable bonds is 3. The normalized spacial score (nSPS) is 16.4. The maximum atomic E-state index is 11.6. The van der Waals surface area contributed by atoms with E-state index in [1.165, 1.54) is 11.3 Å². The molecule has 1 fully saturated rings. The SMILES string of the molecule is CC(C)c1csc(NC(=O)OC2CCCC2)n1. The van der Waals surface area contributed by atoms with E-state index in [-0.39, 0.29) is 12.2 Å². The Balaban J connectivity index is 1.84. The third-order valence-corrected chi connectivity index (χ3v) is 3.67. The summed E-state index contributed by atoms with van der Waals surface area (Å²) in [7, 11) is 0. The standard InChI is InChI=1S/C12H18N2O2S/c1-8(2)10-7-17-11(13-10)14-12(15)16-9-5-3-4-6-9/h7-9H,3-6H2,1-2H3,(H,13,14,15). The quantitative estimate of drug-likeness (QED) is 0.893. The number of carbonyl (C=O) groups excluding carboxylic acids is 1. The van der Waals surface area contributed by atoms with Crippen LogP contribution in [0, 0.1) is 0 Å². The molecule has 2 rings (SSSR count). The molecule has 0 bridgehead atoms. The lowest BCUT2D eigenvalue weighted by atomic mass is 10.2. The van der Waals surface area contributed by atoms with E-state index < -0.39 is 0 Å². The number of hydrogen-bond acceptors (Lipinski definition) is 4. The number of aromatic nitrogens is 1. The van der Waals surface area contributed by atoms with Crippen LogP contribution in [0.4, 0.5) is 9.93 Å². The molecule has 94 valence electrons. The van der Waals surface area contributed by atoms with Crippen molar-refractivity contribution in [2.45, 2.75) is 51.6 Å². The number of nitrogens with one attached hydrogen (secondary N) is 1. The van der Waals surface area contributed by atoms with E-state index in [1.54, 1.807) is 0 Å². The Morgan fingerprint density at radius 2 is 2.24 bits per heavy atom. The van der Waals surface area contributed by atoms with Crippen molar-refractivity contribution in [3.05, 3.63) is 11.1 Å². The molecule has 1 aliphatic carbocycles. The summed E-state index contributed by atoms with van der Waals surface area (Å²) in [5.41, 5.74) is 1.01. The Bertz CT molecular complexity index is 384. The van der Waals surface area contributed by atoms with Gasteiger partial charge in [-0.25, -0.2) is 9.78 Å². The van der Waals surface area contributed by atoms with Crippen LogP contribution in [0.2, 0.25) is 0 Å². The van der Waals surface area contributed by atoms with Gasteiger partial charge in [-0.1, -0.05) is 13.8 Å². The average molecular weight is 254 g/mol. The van der Waals surface area contributed by atoms with Crippen LogP contribution in [0.5, 0.6) is 0 Å². The summed E-state index contributed by atoms with van der Waals surface area (Å²) in [6, 6.07) is 0. The Kier molecular flexibility index (Phi) is 3.99. The third kappa shape index (κ3) is 3.43. The van der Waals surface area contributed by atoms with E-state index in [0.717, 1.165) is 31.4 Å². The monoisotopic (exact) mass is 254 g/mol. The van der Waals surface area contributed by atoms with Gasteiger partial charge >= 0.3 is 6.09 Å². The van der Waals surface area contributed by atoms with Gasteiger partial charge in [-0.2, -0.15) is 0 Å². The number of amides is 1. The van der Waals surface area contributed by atoms with Gasteiger partial charge in [0.15, 0.2) is 5.13 Å². The van der Waals surface area contributed by atoms with Gasteiger partial charge in [0.05, 0.1) is 5.69 Å². The highest BCUT2D eigenvalue weighted by Gasteiger charge is 2.19. The van der Waals surface area contributed by atoms with Crippen molar-refractivity contribution in [1.82, 2.24) is 4.98 Å². The van der Waals surface area contributed by atoms with Crippen molar-refractivity contribution in [2.24, 2.45) is 0 Å². The molecule has 0 spiro atoms. The second kappa shape index (κ2) is 5.49. The van der Waals surface area contributed by atoms with E-state index in [0.29, 0.717) is 11.0 Å². The van der Waals surface area contributed by atoms with Crippen LogP contribution in [0.1, 0.15) is 51.1 Å². The summed E-state index contributed by atoms with van der Waals surface area (Å²) in [6.45, 7) is 4.16. The minimum atomic E-state index is -0.374. The Hall–Kier alpha value is -1.10. The van der Waals surface area contributed by atoms with Gasteiger partial charge in [-0.3, -0.25) is 5.32 Å². The zero-order valence-electron chi connectivity index (χ0n) is 10.2. The molecular formula is C12H18N2O2S. The summed E-state index contributed by atoms with van der Waals surface area (Å²) in [4.78, 5) is 15.9. The first-order valence-corrected chi connectivity index (χ1v) is 6.96. The molecule has 1 saturated carbocycles. The molecule has 0 aliphatic heterocycles. The molecule has 17 heavy (non-hydrogen) atoms. The average Bonchev–Trinajstić information content (AvgIpc) is 2.88. The van der Waals surface area contributed by atoms with Gasteiger partial charge in [-0.15, -0.1) is 11.3 Å². The van der Waals surface area contributed by atoms with Gasteiger partial charge in [0.2, 0.25) is 0 Å². The van der Waals surface area contributed by atoms with Gasteiger partial charge in [0.1, 0.15) is 6.10 Å². The molecular weight excluding hydrogens is 236 g/mol. The van der Waals surface area contributed by atoms with E-state index in [9.17, 15) is 4.79 Å². The number of nitrogens with zero attached hydrogens (tertiary/aromatic N) is 1. The molecule has 1 aromatic heterocycles. The second-order valence-corrected chi connectivity index (χ2v) is 5.53. The molecule has 1 aromatic rings. The fourth-order valence-corrected chi connectivity index (χ4v) is 2.74. The van der Waals surface area contributed by atoms with Crippen LogP contribution >= 0.6 is 11.3 Å².